The maximum absolute atomic E-state index is 11.7. The molecule has 6 heteroatoms. The third-order valence-corrected chi connectivity index (χ3v) is 2.96. The zero-order chi connectivity index (χ0) is 16.4. The minimum Gasteiger partial charge on any atom is -0.497 e. The van der Waals surface area contributed by atoms with Crippen molar-refractivity contribution < 1.29 is 19.1 Å². The monoisotopic (exact) mass is 308 g/mol. The van der Waals surface area contributed by atoms with Gasteiger partial charge >= 0.3 is 0 Å². The van der Waals surface area contributed by atoms with Crippen LogP contribution in [0, 0.1) is 0 Å². The van der Waals surface area contributed by atoms with Gasteiger partial charge in [0.25, 0.3) is 0 Å². The Hall–Kier alpha value is -2.08. The molecule has 0 aliphatic rings. The highest BCUT2D eigenvalue weighted by Crippen LogP contribution is 2.13. The summed E-state index contributed by atoms with van der Waals surface area (Å²) in [7, 11) is 1.60. The van der Waals surface area contributed by atoms with E-state index in [1.807, 2.05) is 31.2 Å². The molecular formula is C16H24N2O4. The number of methoxy groups -OCH3 is 1. The molecule has 2 N–H and O–H groups in total. The van der Waals surface area contributed by atoms with E-state index in [2.05, 4.69) is 10.6 Å². The van der Waals surface area contributed by atoms with Gasteiger partial charge in [-0.2, -0.15) is 0 Å². The summed E-state index contributed by atoms with van der Waals surface area (Å²) in [4.78, 5) is 23.3. The Morgan fingerprint density at radius 3 is 2.77 bits per heavy atom. The fourth-order valence-electron chi connectivity index (χ4n) is 1.77. The first-order valence-electron chi connectivity index (χ1n) is 7.34. The van der Waals surface area contributed by atoms with Crippen molar-refractivity contribution in [1.82, 2.24) is 10.6 Å². The van der Waals surface area contributed by atoms with Crippen molar-refractivity contribution in [3.05, 3.63) is 29.8 Å². The van der Waals surface area contributed by atoms with E-state index in [9.17, 15) is 9.59 Å². The molecule has 1 aromatic carbocycles. The van der Waals surface area contributed by atoms with Crippen LogP contribution in [0.4, 0.5) is 0 Å². The van der Waals surface area contributed by atoms with Crippen molar-refractivity contribution in [3.8, 4) is 5.75 Å². The molecule has 0 aliphatic carbocycles. The summed E-state index contributed by atoms with van der Waals surface area (Å²) < 4.78 is 10.5. The van der Waals surface area contributed by atoms with Crippen LogP contribution in [-0.4, -0.2) is 38.1 Å². The first kappa shape index (κ1) is 18.0. The van der Waals surface area contributed by atoms with E-state index in [-0.39, 0.29) is 18.4 Å². The van der Waals surface area contributed by atoms with E-state index in [1.165, 1.54) is 0 Å². The summed E-state index contributed by atoms with van der Waals surface area (Å²) >= 11 is 0. The molecule has 0 fully saturated rings. The fraction of sp³-hybridized carbons (Fsp3) is 0.500. The van der Waals surface area contributed by atoms with Crippen molar-refractivity contribution in [1.29, 1.82) is 0 Å². The van der Waals surface area contributed by atoms with E-state index >= 15 is 0 Å². The van der Waals surface area contributed by atoms with Gasteiger partial charge in [-0.3, -0.25) is 9.59 Å². The molecular weight excluding hydrogens is 284 g/mol. The molecule has 0 saturated heterocycles. The number of hydrogen-bond donors (Lipinski definition) is 2. The van der Waals surface area contributed by atoms with Gasteiger partial charge in [-0.1, -0.05) is 19.1 Å². The normalized spacial score (nSPS) is 11.6. The van der Waals surface area contributed by atoms with Gasteiger partial charge in [-0.25, -0.2) is 0 Å². The minimum atomic E-state index is -0.570. The predicted molar refractivity (Wildman–Crippen MR) is 83.6 cm³/mol. The molecule has 2 amide bonds. The van der Waals surface area contributed by atoms with Gasteiger partial charge < -0.3 is 20.1 Å². The third kappa shape index (κ3) is 6.58. The first-order chi connectivity index (χ1) is 10.6. The lowest BCUT2D eigenvalue weighted by atomic mass is 10.2. The van der Waals surface area contributed by atoms with Crippen LogP contribution >= 0.6 is 0 Å². The second-order valence-corrected chi connectivity index (χ2v) is 4.92. The zero-order valence-corrected chi connectivity index (χ0v) is 13.3. The number of hydrogen-bond acceptors (Lipinski definition) is 4. The second kappa shape index (κ2) is 9.78. The molecule has 0 bridgehead atoms. The summed E-state index contributed by atoms with van der Waals surface area (Å²) in [6, 6.07) is 6.87. The van der Waals surface area contributed by atoms with Crippen LogP contribution in [0.25, 0.3) is 0 Å². The van der Waals surface area contributed by atoms with Crippen molar-refractivity contribution in [3.63, 3.8) is 0 Å². The molecule has 0 heterocycles. The third-order valence-electron chi connectivity index (χ3n) is 2.96. The molecule has 1 unspecified atom stereocenters. The Bertz CT molecular complexity index is 491. The molecule has 0 radical (unpaired) electrons. The lowest BCUT2D eigenvalue weighted by molar-refractivity contribution is -0.131. The Labute approximate surface area is 131 Å². The summed E-state index contributed by atoms with van der Waals surface area (Å²) in [5.74, 6) is 0.233. The number of nitrogens with one attached hydrogen (secondary N) is 2. The smallest absolute Gasteiger partial charge is 0.246 e. The van der Waals surface area contributed by atoms with E-state index in [0.29, 0.717) is 13.2 Å². The topological polar surface area (TPSA) is 76.7 Å². The molecule has 1 rings (SSSR count). The van der Waals surface area contributed by atoms with Crippen LogP contribution in [0.2, 0.25) is 0 Å². The van der Waals surface area contributed by atoms with Crippen molar-refractivity contribution >= 4 is 11.8 Å². The van der Waals surface area contributed by atoms with E-state index in [0.717, 1.165) is 17.7 Å². The Balaban J connectivity index is 2.29. The summed E-state index contributed by atoms with van der Waals surface area (Å²) in [5, 5.41) is 5.32. The van der Waals surface area contributed by atoms with E-state index in [1.54, 1.807) is 14.0 Å². The van der Waals surface area contributed by atoms with E-state index < -0.39 is 6.04 Å². The number of amides is 2. The van der Waals surface area contributed by atoms with E-state index in [4.69, 9.17) is 9.47 Å². The minimum absolute atomic E-state index is 0.0946. The number of ether oxygens (including phenoxy) is 2. The number of carbonyl (C=O) groups excluding carboxylic acids is 2. The summed E-state index contributed by atoms with van der Waals surface area (Å²) in [6.07, 6.45) is 0.857. The van der Waals surface area contributed by atoms with Gasteiger partial charge in [0.05, 0.1) is 13.7 Å². The SMILES string of the molecule is CCCNC(=O)C(C)NC(=O)COCc1cccc(OC)c1. The highest BCUT2D eigenvalue weighted by Gasteiger charge is 2.14. The highest BCUT2D eigenvalue weighted by molar-refractivity contribution is 5.87. The zero-order valence-electron chi connectivity index (χ0n) is 13.3. The van der Waals surface area contributed by atoms with Gasteiger partial charge in [0.15, 0.2) is 0 Å². The summed E-state index contributed by atoms with van der Waals surface area (Å²) in [6.45, 7) is 4.43. The molecule has 1 aromatic rings. The Morgan fingerprint density at radius 2 is 2.09 bits per heavy atom. The summed E-state index contributed by atoms with van der Waals surface area (Å²) in [5.41, 5.74) is 0.917. The van der Waals surface area contributed by atoms with Crippen molar-refractivity contribution in [2.24, 2.45) is 0 Å². The molecule has 22 heavy (non-hydrogen) atoms. The van der Waals surface area contributed by atoms with Crippen LogP contribution < -0.4 is 15.4 Å². The lowest BCUT2D eigenvalue weighted by Gasteiger charge is -2.14. The molecule has 1 atom stereocenters. The van der Waals surface area contributed by atoms with Crippen LogP contribution in [0.15, 0.2) is 24.3 Å². The fourth-order valence-corrected chi connectivity index (χ4v) is 1.77. The van der Waals surface area contributed by atoms with Gasteiger partial charge in [0, 0.05) is 6.54 Å². The number of rotatable bonds is 9. The average molecular weight is 308 g/mol. The lowest BCUT2D eigenvalue weighted by Crippen LogP contribution is -2.46. The molecule has 122 valence electrons. The maximum atomic E-state index is 11.7. The van der Waals surface area contributed by atoms with Crippen LogP contribution in [0.3, 0.4) is 0 Å². The largest absolute Gasteiger partial charge is 0.497 e. The Kier molecular flexibility index (Phi) is 7.99. The molecule has 6 nitrogen and oxygen atoms in total. The average Bonchev–Trinajstić information content (AvgIpc) is 2.52. The molecule has 0 aliphatic heterocycles. The van der Waals surface area contributed by atoms with Crippen molar-refractivity contribution in [2.75, 3.05) is 20.3 Å². The predicted octanol–water partition coefficient (Wildman–Crippen LogP) is 1.24. The van der Waals surface area contributed by atoms with Gasteiger partial charge in [-0.05, 0) is 31.0 Å². The van der Waals surface area contributed by atoms with Crippen LogP contribution in [-0.2, 0) is 20.9 Å². The number of carbonyl (C=O) groups is 2. The second-order valence-electron chi connectivity index (χ2n) is 4.92. The number of benzene rings is 1. The van der Waals surface area contributed by atoms with Crippen LogP contribution in [0.1, 0.15) is 25.8 Å². The quantitative estimate of drug-likeness (QED) is 0.719. The maximum Gasteiger partial charge on any atom is 0.246 e. The van der Waals surface area contributed by atoms with Gasteiger partial charge in [-0.15, -0.1) is 0 Å². The van der Waals surface area contributed by atoms with Gasteiger partial charge in [0.1, 0.15) is 18.4 Å². The molecule has 0 spiro atoms. The standard InChI is InChI=1S/C16H24N2O4/c1-4-8-17-16(20)12(2)18-15(19)11-22-10-13-6-5-7-14(9-13)21-3/h5-7,9,12H,4,8,10-11H2,1-3H3,(H,17,20)(H,18,19). The molecule has 0 aromatic heterocycles. The van der Waals surface area contributed by atoms with Gasteiger partial charge in [0.2, 0.25) is 11.8 Å². The van der Waals surface area contributed by atoms with Crippen molar-refractivity contribution in [2.45, 2.75) is 32.9 Å². The molecule has 0 saturated carbocycles. The Morgan fingerprint density at radius 1 is 1.32 bits per heavy atom. The van der Waals surface area contributed by atoms with Crippen LogP contribution in [0.5, 0.6) is 5.75 Å². The highest BCUT2D eigenvalue weighted by atomic mass is 16.5. The first-order valence-corrected chi connectivity index (χ1v) is 7.34.